The Hall–Kier alpha value is -4.19. The SMILES string of the molecule is CC/C=C\C/C=C\C/C=C\C/C=C\C/C=C\C/C=C\CCC(=O)OC[C@H](COC(=O)CCCCCCC/C=C\CCCCCCCC)OC(=O)CCCCCCC/C=C\C/C=C\C/C=C\CC. The summed E-state index contributed by atoms with van der Waals surface area (Å²) in [5.74, 6) is -1.03. The van der Waals surface area contributed by atoms with Crippen molar-refractivity contribution in [3.8, 4) is 0 Å². The van der Waals surface area contributed by atoms with E-state index in [1.807, 2.05) is 12.2 Å². The van der Waals surface area contributed by atoms with E-state index in [4.69, 9.17) is 14.2 Å². The smallest absolute Gasteiger partial charge is 0.306 e. The van der Waals surface area contributed by atoms with Crippen molar-refractivity contribution in [1.29, 1.82) is 0 Å². The first kappa shape index (κ1) is 62.8. The van der Waals surface area contributed by atoms with Crippen molar-refractivity contribution in [2.24, 2.45) is 0 Å². The maximum atomic E-state index is 12.8. The van der Waals surface area contributed by atoms with Crippen LogP contribution in [-0.4, -0.2) is 37.2 Å². The van der Waals surface area contributed by atoms with E-state index in [1.165, 1.54) is 51.4 Å². The van der Waals surface area contributed by atoms with Crippen molar-refractivity contribution < 1.29 is 28.6 Å². The Bertz CT molecular complexity index is 1440. The molecule has 67 heavy (non-hydrogen) atoms. The maximum Gasteiger partial charge on any atom is 0.306 e. The summed E-state index contributed by atoms with van der Waals surface area (Å²) in [6.07, 6.45) is 74.8. The summed E-state index contributed by atoms with van der Waals surface area (Å²) in [5.41, 5.74) is 0. The van der Waals surface area contributed by atoms with E-state index in [-0.39, 0.29) is 44.0 Å². The number of ether oxygens (including phenoxy) is 3. The van der Waals surface area contributed by atoms with Gasteiger partial charge in [-0.05, 0) is 116 Å². The van der Waals surface area contributed by atoms with E-state index in [0.29, 0.717) is 12.8 Å². The number of hydrogen-bond acceptors (Lipinski definition) is 6. The van der Waals surface area contributed by atoms with Crippen molar-refractivity contribution in [3.05, 3.63) is 122 Å². The van der Waals surface area contributed by atoms with Gasteiger partial charge < -0.3 is 14.2 Å². The Morgan fingerprint density at radius 2 is 0.612 bits per heavy atom. The summed E-state index contributed by atoms with van der Waals surface area (Å²) in [6.45, 7) is 6.31. The van der Waals surface area contributed by atoms with Crippen molar-refractivity contribution in [3.63, 3.8) is 0 Å². The first-order valence-electron chi connectivity index (χ1n) is 27.0. The number of allylic oxidation sites excluding steroid dienone is 20. The predicted molar refractivity (Wildman–Crippen MR) is 288 cm³/mol. The second kappa shape index (κ2) is 54.4. The monoisotopic (exact) mass is 927 g/mol. The van der Waals surface area contributed by atoms with Crippen LogP contribution in [0.4, 0.5) is 0 Å². The molecule has 0 radical (unpaired) electrons. The molecular weight excluding hydrogens is 829 g/mol. The molecule has 0 N–H and O–H groups in total. The van der Waals surface area contributed by atoms with Crippen LogP contribution in [0.25, 0.3) is 0 Å². The molecule has 0 aromatic carbocycles. The van der Waals surface area contributed by atoms with Gasteiger partial charge in [0.1, 0.15) is 13.2 Å². The lowest BCUT2D eigenvalue weighted by molar-refractivity contribution is -0.166. The Labute approximate surface area is 412 Å². The highest BCUT2D eigenvalue weighted by atomic mass is 16.6. The summed E-state index contributed by atoms with van der Waals surface area (Å²) in [5, 5.41) is 0. The molecule has 0 aromatic rings. The minimum absolute atomic E-state index is 0.116. The molecule has 6 nitrogen and oxygen atoms in total. The largest absolute Gasteiger partial charge is 0.462 e. The minimum atomic E-state index is -0.824. The Morgan fingerprint density at radius 3 is 1.01 bits per heavy atom. The molecule has 0 heterocycles. The maximum absolute atomic E-state index is 12.8. The summed E-state index contributed by atoms with van der Waals surface area (Å²) in [7, 11) is 0. The second-order valence-electron chi connectivity index (χ2n) is 17.4. The van der Waals surface area contributed by atoms with Crippen LogP contribution in [0.5, 0.6) is 0 Å². The van der Waals surface area contributed by atoms with Gasteiger partial charge in [0.05, 0.1) is 0 Å². The summed E-state index contributed by atoms with van der Waals surface area (Å²) >= 11 is 0. The standard InChI is InChI=1S/C61H98O6/c1-4-7-10-13-16-19-22-25-28-29-30-31-34-36-39-42-45-48-51-54-60(63)66-57-58(67-61(64)55-52-49-46-43-40-37-33-27-24-21-18-15-12-9-6-3)56-65-59(62)53-50-47-44-41-38-35-32-26-23-20-17-14-11-8-5-2/h7,9-10,12,16,18-19,21,25-28,30-33,36,39,45,48,58H,4-6,8,11,13-15,17,20,22-24,29,34-35,37-38,40-44,46-47,49-57H2,1-3H3/b10-7-,12-9-,19-16-,21-18-,28-25-,31-30-,32-26-,33-27-,39-36-,48-45-/t58-/m0/s1. The molecule has 0 amide bonds. The Kier molecular flexibility index (Phi) is 51.0. The van der Waals surface area contributed by atoms with Gasteiger partial charge in [-0.3, -0.25) is 14.4 Å². The second-order valence-corrected chi connectivity index (χ2v) is 17.4. The van der Waals surface area contributed by atoms with E-state index in [1.54, 1.807) is 0 Å². The first-order valence-corrected chi connectivity index (χ1v) is 27.0. The average Bonchev–Trinajstić information content (AvgIpc) is 3.33. The van der Waals surface area contributed by atoms with E-state index in [0.717, 1.165) is 128 Å². The van der Waals surface area contributed by atoms with Crippen LogP contribution < -0.4 is 0 Å². The molecule has 0 saturated heterocycles. The minimum Gasteiger partial charge on any atom is -0.462 e. The fraction of sp³-hybridized carbons (Fsp3) is 0.623. The molecule has 0 unspecified atom stereocenters. The molecule has 0 aliphatic rings. The highest BCUT2D eigenvalue weighted by molar-refractivity contribution is 5.71. The molecule has 1 atom stereocenters. The van der Waals surface area contributed by atoms with Crippen LogP contribution in [-0.2, 0) is 28.6 Å². The number of hydrogen-bond donors (Lipinski definition) is 0. The average molecular weight is 927 g/mol. The molecule has 378 valence electrons. The van der Waals surface area contributed by atoms with E-state index < -0.39 is 6.10 Å². The van der Waals surface area contributed by atoms with Crippen molar-refractivity contribution in [2.75, 3.05) is 13.2 Å². The fourth-order valence-electron chi connectivity index (χ4n) is 6.95. The van der Waals surface area contributed by atoms with Crippen LogP contribution in [0.1, 0.15) is 226 Å². The van der Waals surface area contributed by atoms with E-state index >= 15 is 0 Å². The van der Waals surface area contributed by atoms with Crippen molar-refractivity contribution in [1.82, 2.24) is 0 Å². The molecule has 0 rings (SSSR count). The van der Waals surface area contributed by atoms with Gasteiger partial charge in [-0.15, -0.1) is 0 Å². The van der Waals surface area contributed by atoms with Crippen LogP contribution in [0.15, 0.2) is 122 Å². The number of carbonyl (C=O) groups excluding carboxylic acids is 3. The summed E-state index contributed by atoms with van der Waals surface area (Å²) < 4.78 is 16.7. The van der Waals surface area contributed by atoms with Gasteiger partial charge in [-0.1, -0.05) is 213 Å². The van der Waals surface area contributed by atoms with Gasteiger partial charge in [0.2, 0.25) is 0 Å². The summed E-state index contributed by atoms with van der Waals surface area (Å²) in [4.78, 5) is 38.0. The number of esters is 3. The number of carbonyl (C=O) groups is 3. The van der Waals surface area contributed by atoms with Crippen LogP contribution in [0, 0.1) is 0 Å². The third-order valence-corrected chi connectivity index (χ3v) is 10.9. The summed E-state index contributed by atoms with van der Waals surface area (Å²) in [6, 6.07) is 0. The van der Waals surface area contributed by atoms with Crippen LogP contribution in [0.2, 0.25) is 0 Å². The number of rotatable bonds is 47. The zero-order chi connectivity index (χ0) is 48.6. The van der Waals surface area contributed by atoms with Gasteiger partial charge in [0, 0.05) is 19.3 Å². The lowest BCUT2D eigenvalue weighted by Crippen LogP contribution is -2.30. The zero-order valence-corrected chi connectivity index (χ0v) is 43.1. The van der Waals surface area contributed by atoms with Gasteiger partial charge in [0.15, 0.2) is 6.10 Å². The van der Waals surface area contributed by atoms with E-state index in [2.05, 4.69) is 130 Å². The van der Waals surface area contributed by atoms with Gasteiger partial charge in [-0.25, -0.2) is 0 Å². The third kappa shape index (κ3) is 52.6. The highest BCUT2D eigenvalue weighted by Gasteiger charge is 2.19. The first-order chi connectivity index (χ1) is 33.0. The Morgan fingerprint density at radius 1 is 0.313 bits per heavy atom. The topological polar surface area (TPSA) is 78.9 Å². The molecule has 0 bridgehead atoms. The quantitative estimate of drug-likeness (QED) is 0.0262. The fourth-order valence-corrected chi connectivity index (χ4v) is 6.95. The van der Waals surface area contributed by atoms with Crippen LogP contribution >= 0.6 is 0 Å². The van der Waals surface area contributed by atoms with Crippen molar-refractivity contribution in [2.45, 2.75) is 232 Å². The molecule has 0 aromatic heterocycles. The molecule has 0 aliphatic carbocycles. The van der Waals surface area contributed by atoms with Gasteiger partial charge >= 0.3 is 17.9 Å². The molecular formula is C61H98O6. The predicted octanol–water partition coefficient (Wildman–Crippen LogP) is 18.1. The normalized spacial score (nSPS) is 13.1. The molecule has 0 spiro atoms. The van der Waals surface area contributed by atoms with Gasteiger partial charge in [-0.2, -0.15) is 0 Å². The lowest BCUT2D eigenvalue weighted by Gasteiger charge is -2.18. The Balaban J connectivity index is 4.56. The van der Waals surface area contributed by atoms with Crippen molar-refractivity contribution >= 4 is 17.9 Å². The molecule has 0 saturated carbocycles. The third-order valence-electron chi connectivity index (χ3n) is 10.9. The molecule has 6 heteroatoms. The highest BCUT2D eigenvalue weighted by Crippen LogP contribution is 2.13. The van der Waals surface area contributed by atoms with Gasteiger partial charge in [0.25, 0.3) is 0 Å². The number of unbranched alkanes of at least 4 members (excludes halogenated alkanes) is 16. The van der Waals surface area contributed by atoms with E-state index in [9.17, 15) is 14.4 Å². The lowest BCUT2D eigenvalue weighted by atomic mass is 10.1. The molecule has 0 fully saturated rings. The van der Waals surface area contributed by atoms with Crippen LogP contribution in [0.3, 0.4) is 0 Å². The molecule has 0 aliphatic heterocycles. The zero-order valence-electron chi connectivity index (χ0n) is 43.1.